The van der Waals surface area contributed by atoms with Crippen LogP contribution < -0.4 is 0 Å². The van der Waals surface area contributed by atoms with Gasteiger partial charge in [0.25, 0.3) is 0 Å². The van der Waals surface area contributed by atoms with E-state index in [1.54, 1.807) is 0 Å². The molecule has 2 nitrogen and oxygen atoms in total. The molecule has 0 bridgehead atoms. The van der Waals surface area contributed by atoms with Gasteiger partial charge in [-0.15, -0.1) is 0 Å². The molecule has 0 aromatic rings. The van der Waals surface area contributed by atoms with Crippen LogP contribution >= 0.6 is 0 Å². The Hall–Kier alpha value is -1.05. The van der Waals surface area contributed by atoms with E-state index in [9.17, 15) is 4.79 Å². The maximum absolute atomic E-state index is 11.3. The van der Waals surface area contributed by atoms with E-state index in [2.05, 4.69) is 31.2 Å². The SMILES string of the molecule is CCCCCCCCCCCCCC/C=C/CCC/C=C/CCCCCCCCCCCCC(=O)OCC. The maximum atomic E-state index is 11.3. The second-order valence-electron chi connectivity index (χ2n) is 11.4. The van der Waals surface area contributed by atoms with Crippen molar-refractivity contribution in [1.29, 1.82) is 0 Å². The molecule has 0 amide bonds. The minimum Gasteiger partial charge on any atom is -0.466 e. The van der Waals surface area contributed by atoms with E-state index in [4.69, 9.17) is 4.74 Å². The maximum Gasteiger partial charge on any atom is 0.305 e. The number of carbonyl (C=O) groups excluding carboxylic acids is 1. The first-order valence-corrected chi connectivity index (χ1v) is 17.3. The number of ether oxygens (including phenoxy) is 1. The molecule has 38 heavy (non-hydrogen) atoms. The number of hydrogen-bond donors (Lipinski definition) is 0. The van der Waals surface area contributed by atoms with Gasteiger partial charge in [0.2, 0.25) is 0 Å². The van der Waals surface area contributed by atoms with Crippen molar-refractivity contribution >= 4 is 5.97 Å². The smallest absolute Gasteiger partial charge is 0.305 e. The molecule has 0 aromatic carbocycles. The zero-order chi connectivity index (χ0) is 27.6. The molecule has 0 fully saturated rings. The molecule has 0 aliphatic rings. The van der Waals surface area contributed by atoms with E-state index >= 15 is 0 Å². The third-order valence-corrected chi connectivity index (χ3v) is 7.61. The molecule has 0 aromatic heterocycles. The Bertz CT molecular complexity index is 507. The molecule has 0 saturated heterocycles. The summed E-state index contributed by atoms with van der Waals surface area (Å²) in [5.41, 5.74) is 0. The lowest BCUT2D eigenvalue weighted by Crippen LogP contribution is -2.03. The highest BCUT2D eigenvalue weighted by molar-refractivity contribution is 5.69. The van der Waals surface area contributed by atoms with Crippen molar-refractivity contribution in [3.05, 3.63) is 24.3 Å². The van der Waals surface area contributed by atoms with Crippen molar-refractivity contribution < 1.29 is 9.53 Å². The zero-order valence-electron chi connectivity index (χ0n) is 26.1. The summed E-state index contributed by atoms with van der Waals surface area (Å²) >= 11 is 0. The van der Waals surface area contributed by atoms with Gasteiger partial charge in [-0.2, -0.15) is 0 Å². The van der Waals surface area contributed by atoms with Gasteiger partial charge in [0.05, 0.1) is 6.61 Å². The minimum atomic E-state index is -0.0325. The first-order chi connectivity index (χ1) is 18.8. The van der Waals surface area contributed by atoms with Crippen LogP contribution in [0.1, 0.15) is 194 Å². The van der Waals surface area contributed by atoms with Crippen LogP contribution in [0.15, 0.2) is 24.3 Å². The summed E-state index contributed by atoms with van der Waals surface area (Å²) in [6, 6.07) is 0. The van der Waals surface area contributed by atoms with Crippen LogP contribution in [-0.2, 0) is 9.53 Å². The molecular formula is C36H68O2. The second kappa shape index (κ2) is 34.0. The molecular weight excluding hydrogens is 464 g/mol. The van der Waals surface area contributed by atoms with Crippen molar-refractivity contribution in [1.82, 2.24) is 0 Å². The Morgan fingerprint density at radius 3 is 1.11 bits per heavy atom. The number of esters is 1. The number of allylic oxidation sites excluding steroid dienone is 4. The number of rotatable bonds is 31. The molecule has 0 aliphatic carbocycles. The fourth-order valence-corrected chi connectivity index (χ4v) is 5.11. The van der Waals surface area contributed by atoms with Crippen LogP contribution in [0.5, 0.6) is 0 Å². The van der Waals surface area contributed by atoms with Crippen LogP contribution in [0.4, 0.5) is 0 Å². The molecule has 0 saturated carbocycles. The Balaban J connectivity index is 3.18. The number of unbranched alkanes of at least 4 members (excludes halogenated alkanes) is 24. The van der Waals surface area contributed by atoms with Gasteiger partial charge in [-0.25, -0.2) is 0 Å². The fourth-order valence-electron chi connectivity index (χ4n) is 5.11. The summed E-state index contributed by atoms with van der Waals surface area (Å²) in [6.07, 6.45) is 46.8. The highest BCUT2D eigenvalue weighted by atomic mass is 16.5. The fraction of sp³-hybridized carbons (Fsp3) is 0.861. The topological polar surface area (TPSA) is 26.3 Å². The standard InChI is InChI=1S/C36H68O2/c1-3-5-6-7-8-9-10-11-12-13-14-15-16-17-18-19-20-21-22-23-24-25-26-27-28-29-30-31-32-33-34-35-36(37)38-4-2/h17-18,22-23H,3-16,19-21,24-35H2,1-2H3/b18-17+,23-22+. The Kier molecular flexibility index (Phi) is 33.0. The highest BCUT2D eigenvalue weighted by Crippen LogP contribution is 2.14. The number of hydrogen-bond acceptors (Lipinski definition) is 2. The molecule has 0 N–H and O–H groups in total. The normalized spacial score (nSPS) is 11.7. The summed E-state index contributed by atoms with van der Waals surface area (Å²) in [5, 5.41) is 0. The predicted octanol–water partition coefficient (Wildman–Crippen LogP) is 12.6. The van der Waals surface area contributed by atoms with Crippen molar-refractivity contribution in [2.24, 2.45) is 0 Å². The van der Waals surface area contributed by atoms with Gasteiger partial charge in [-0.3, -0.25) is 4.79 Å². The molecule has 0 atom stereocenters. The van der Waals surface area contributed by atoms with E-state index in [1.807, 2.05) is 6.92 Å². The molecule has 0 heterocycles. The average molecular weight is 533 g/mol. The van der Waals surface area contributed by atoms with Gasteiger partial charge in [0, 0.05) is 6.42 Å². The van der Waals surface area contributed by atoms with E-state index in [0.29, 0.717) is 13.0 Å². The molecule has 0 spiro atoms. The van der Waals surface area contributed by atoms with E-state index < -0.39 is 0 Å². The summed E-state index contributed by atoms with van der Waals surface area (Å²) in [4.78, 5) is 11.3. The lowest BCUT2D eigenvalue weighted by atomic mass is 10.0. The van der Waals surface area contributed by atoms with Gasteiger partial charge in [0.15, 0.2) is 0 Å². The molecule has 0 rings (SSSR count). The summed E-state index contributed by atoms with van der Waals surface area (Å²) in [7, 11) is 0. The van der Waals surface area contributed by atoms with Crippen LogP contribution in [0.3, 0.4) is 0 Å². The quantitative estimate of drug-likeness (QED) is 0.0504. The third kappa shape index (κ3) is 33.0. The Morgan fingerprint density at radius 2 is 0.737 bits per heavy atom. The zero-order valence-corrected chi connectivity index (χ0v) is 26.1. The van der Waals surface area contributed by atoms with Crippen molar-refractivity contribution in [2.75, 3.05) is 6.61 Å². The van der Waals surface area contributed by atoms with Gasteiger partial charge in [0.1, 0.15) is 0 Å². The summed E-state index contributed by atoms with van der Waals surface area (Å²) in [6.45, 7) is 4.67. The van der Waals surface area contributed by atoms with Gasteiger partial charge < -0.3 is 4.74 Å². The lowest BCUT2D eigenvalue weighted by Gasteiger charge is -2.03. The first-order valence-electron chi connectivity index (χ1n) is 17.3. The largest absolute Gasteiger partial charge is 0.466 e. The number of carbonyl (C=O) groups is 1. The van der Waals surface area contributed by atoms with Crippen molar-refractivity contribution in [2.45, 2.75) is 194 Å². The molecule has 2 heteroatoms. The molecule has 224 valence electrons. The van der Waals surface area contributed by atoms with Gasteiger partial charge in [-0.1, -0.05) is 153 Å². The van der Waals surface area contributed by atoms with Crippen LogP contribution in [0.2, 0.25) is 0 Å². The van der Waals surface area contributed by atoms with E-state index in [1.165, 1.54) is 167 Å². The van der Waals surface area contributed by atoms with Gasteiger partial charge >= 0.3 is 5.97 Å². The predicted molar refractivity (Wildman–Crippen MR) is 170 cm³/mol. The van der Waals surface area contributed by atoms with E-state index in [-0.39, 0.29) is 5.97 Å². The molecule has 0 aliphatic heterocycles. The second-order valence-corrected chi connectivity index (χ2v) is 11.4. The van der Waals surface area contributed by atoms with Crippen LogP contribution in [-0.4, -0.2) is 12.6 Å². The Morgan fingerprint density at radius 1 is 0.421 bits per heavy atom. The third-order valence-electron chi connectivity index (χ3n) is 7.61. The van der Waals surface area contributed by atoms with Gasteiger partial charge in [-0.05, 0) is 58.3 Å². The highest BCUT2D eigenvalue weighted by Gasteiger charge is 2.00. The van der Waals surface area contributed by atoms with Crippen LogP contribution in [0, 0.1) is 0 Å². The van der Waals surface area contributed by atoms with E-state index in [0.717, 1.165) is 6.42 Å². The minimum absolute atomic E-state index is 0.0325. The first kappa shape index (κ1) is 37.0. The molecule has 0 radical (unpaired) electrons. The van der Waals surface area contributed by atoms with Crippen molar-refractivity contribution in [3.63, 3.8) is 0 Å². The van der Waals surface area contributed by atoms with Crippen molar-refractivity contribution in [3.8, 4) is 0 Å². The summed E-state index contributed by atoms with van der Waals surface area (Å²) < 4.78 is 4.96. The Labute approximate surface area is 239 Å². The molecule has 0 unspecified atom stereocenters. The average Bonchev–Trinajstić information content (AvgIpc) is 2.92. The summed E-state index contributed by atoms with van der Waals surface area (Å²) in [5.74, 6) is -0.0325. The van der Waals surface area contributed by atoms with Crippen LogP contribution in [0.25, 0.3) is 0 Å². The monoisotopic (exact) mass is 533 g/mol. The lowest BCUT2D eigenvalue weighted by molar-refractivity contribution is -0.143.